The number of amides is 2. The van der Waals surface area contributed by atoms with E-state index in [9.17, 15) is 24.3 Å². The monoisotopic (exact) mass is 586 g/mol. The van der Waals surface area contributed by atoms with E-state index < -0.39 is 45.2 Å². The van der Waals surface area contributed by atoms with E-state index in [0.717, 1.165) is 31.4 Å². The molecule has 200 valence electrons. The van der Waals surface area contributed by atoms with E-state index >= 15 is 0 Å². The third-order valence-electron chi connectivity index (χ3n) is 6.27. The molecule has 0 bridgehead atoms. The summed E-state index contributed by atoms with van der Waals surface area (Å²) in [5.41, 5.74) is 0.808. The van der Waals surface area contributed by atoms with Crippen LogP contribution in [0.4, 0.5) is 0 Å². The molecule has 1 saturated heterocycles. The molecule has 0 unspecified atom stereocenters. The van der Waals surface area contributed by atoms with Crippen molar-refractivity contribution in [2.75, 3.05) is 18.6 Å². The van der Waals surface area contributed by atoms with Crippen LogP contribution in [0.2, 0.25) is 0 Å². The number of carboxylic acid groups (broad SMARTS) is 1. The van der Waals surface area contributed by atoms with Gasteiger partial charge in [0.05, 0.1) is 0 Å². The molecule has 9 nitrogen and oxygen atoms in total. The molecule has 1 fully saturated rings. The van der Waals surface area contributed by atoms with Crippen molar-refractivity contribution >= 4 is 49.4 Å². The van der Waals surface area contributed by atoms with E-state index in [4.69, 9.17) is 0 Å². The van der Waals surface area contributed by atoms with Gasteiger partial charge in [0.2, 0.25) is 0 Å². The Morgan fingerprint density at radius 3 is 2.47 bits per heavy atom. The van der Waals surface area contributed by atoms with Crippen molar-refractivity contribution in [3.05, 3.63) is 35.9 Å². The van der Waals surface area contributed by atoms with Crippen LogP contribution in [0.5, 0.6) is 0 Å². The van der Waals surface area contributed by atoms with Crippen molar-refractivity contribution in [2.24, 2.45) is 5.92 Å². The molecule has 1 aromatic rings. The van der Waals surface area contributed by atoms with Crippen LogP contribution in [0.25, 0.3) is 0 Å². The Labute approximate surface area is 224 Å². The molecule has 0 aromatic heterocycles. The molecule has 1 aliphatic rings. The van der Waals surface area contributed by atoms with Gasteiger partial charge in [-0.1, -0.05) is 0 Å². The van der Waals surface area contributed by atoms with Gasteiger partial charge in [0.1, 0.15) is 0 Å². The van der Waals surface area contributed by atoms with Crippen molar-refractivity contribution in [1.29, 1.82) is 0 Å². The fraction of sp³-hybridized carbons (Fsp3) is 0.600. The molecule has 0 aliphatic carbocycles. The second-order valence-electron chi connectivity index (χ2n) is 8.98. The molecule has 2 rings (SSSR count). The summed E-state index contributed by atoms with van der Waals surface area (Å²) in [6, 6.07) is 6.43. The molecule has 0 radical (unpaired) electrons. The van der Waals surface area contributed by atoms with Gasteiger partial charge in [-0.25, -0.2) is 0 Å². The van der Waals surface area contributed by atoms with Gasteiger partial charge in [-0.15, -0.1) is 0 Å². The number of thioether (sulfide) groups is 1. The summed E-state index contributed by atoms with van der Waals surface area (Å²) in [5, 5.41) is 18.4. The number of hydrogen-bond acceptors (Lipinski definition) is 7. The first kappa shape index (κ1) is 30.3. The second-order valence-corrected chi connectivity index (χ2v) is 11.7. The maximum atomic E-state index is 13.2. The predicted molar refractivity (Wildman–Crippen MR) is 143 cm³/mol. The van der Waals surface area contributed by atoms with Gasteiger partial charge in [-0.05, 0) is 0 Å². The van der Waals surface area contributed by atoms with E-state index in [1.807, 2.05) is 50.4 Å². The molecule has 36 heavy (non-hydrogen) atoms. The van der Waals surface area contributed by atoms with Crippen molar-refractivity contribution in [3.63, 3.8) is 0 Å². The maximum absolute atomic E-state index is 13.2. The quantitative estimate of drug-likeness (QED) is 0.181. The Bertz CT molecular complexity index is 869. The normalized spacial score (nSPS) is 18.6. The first-order valence-electron chi connectivity index (χ1n) is 12.3. The minimum atomic E-state index is -1.11. The molecule has 5 N–H and O–H groups in total. The molecule has 1 aromatic carbocycles. The van der Waals surface area contributed by atoms with E-state index in [-0.39, 0.29) is 29.0 Å². The van der Waals surface area contributed by atoms with Crippen LogP contribution >= 0.6 is 11.8 Å². The standard InChI is InChI=1S/C25H38N4O5SSe/c1-4-16(2)21(28-22(30)18-11-8-13-26-18)25(34)36-29-19(12-14-35-3)23(31)27-20(24(32)33)15-17-9-6-5-7-10-17/h5-7,9-10,16,18-21,26,29H,4,8,11-15H2,1-3H3,(H,27,31)(H,28,30)(H,32,33)/t16-,18-,19-,20-,21-/m0/s1. The summed E-state index contributed by atoms with van der Waals surface area (Å²) >= 11 is 0.794. The number of carbonyl (C=O) groups excluding carboxylic acids is 3. The Kier molecular flexibility index (Phi) is 13.5. The summed E-state index contributed by atoms with van der Waals surface area (Å²) in [6.45, 7) is 4.69. The summed E-state index contributed by atoms with van der Waals surface area (Å²) in [5.74, 6) is -1.10. The van der Waals surface area contributed by atoms with Crippen LogP contribution in [0, 0.1) is 5.92 Å². The first-order chi connectivity index (χ1) is 17.3. The molecule has 0 spiro atoms. The fourth-order valence-corrected chi connectivity index (χ4v) is 6.19. The summed E-state index contributed by atoms with van der Waals surface area (Å²) in [6.07, 6.45) is 4.94. The number of benzene rings is 1. The Balaban J connectivity index is 2.03. The van der Waals surface area contributed by atoms with Crippen molar-refractivity contribution in [3.8, 4) is 0 Å². The molecule has 0 saturated carbocycles. The van der Waals surface area contributed by atoms with E-state index in [2.05, 4.69) is 20.3 Å². The summed E-state index contributed by atoms with van der Waals surface area (Å²) in [4.78, 5) is 50.7. The number of aliphatic carboxylic acids is 1. The van der Waals surface area contributed by atoms with Gasteiger partial charge in [0.15, 0.2) is 0 Å². The zero-order valence-electron chi connectivity index (χ0n) is 21.1. The van der Waals surface area contributed by atoms with Crippen molar-refractivity contribution in [1.82, 2.24) is 20.3 Å². The van der Waals surface area contributed by atoms with E-state index in [1.165, 1.54) is 0 Å². The Morgan fingerprint density at radius 1 is 1.17 bits per heavy atom. The zero-order valence-corrected chi connectivity index (χ0v) is 23.6. The molecule has 2 amide bonds. The first-order valence-corrected chi connectivity index (χ1v) is 15.4. The van der Waals surface area contributed by atoms with Gasteiger partial charge >= 0.3 is 224 Å². The molecule has 1 heterocycles. The average molecular weight is 586 g/mol. The molecule has 1 aliphatic heterocycles. The molecular formula is C25H38N4O5SSe. The minimum absolute atomic E-state index is 0.0488. The number of nitrogens with one attached hydrogen (secondary N) is 4. The topological polar surface area (TPSA) is 137 Å². The van der Waals surface area contributed by atoms with Gasteiger partial charge in [0.25, 0.3) is 0 Å². The van der Waals surface area contributed by atoms with Crippen LogP contribution in [0.1, 0.15) is 45.1 Å². The number of carboxylic acids is 1. The van der Waals surface area contributed by atoms with Crippen LogP contribution in [-0.2, 0) is 25.6 Å². The third kappa shape index (κ3) is 9.86. The van der Waals surface area contributed by atoms with Gasteiger partial charge in [0, 0.05) is 0 Å². The van der Waals surface area contributed by atoms with Crippen molar-refractivity contribution < 1.29 is 24.3 Å². The Hall–Kier alpha value is -1.91. The Morgan fingerprint density at radius 2 is 1.89 bits per heavy atom. The summed E-state index contributed by atoms with van der Waals surface area (Å²) in [7, 11) is 0. The van der Waals surface area contributed by atoms with E-state index in [0.29, 0.717) is 12.2 Å². The van der Waals surface area contributed by atoms with E-state index in [1.54, 1.807) is 11.8 Å². The molecule has 5 atom stereocenters. The second kappa shape index (κ2) is 16.0. The van der Waals surface area contributed by atoms with Gasteiger partial charge in [-0.3, -0.25) is 0 Å². The van der Waals surface area contributed by atoms with Crippen molar-refractivity contribution in [2.45, 2.75) is 70.1 Å². The molecule has 11 heteroatoms. The van der Waals surface area contributed by atoms with Crippen LogP contribution < -0.4 is 20.3 Å². The fourth-order valence-electron chi connectivity index (χ4n) is 3.83. The average Bonchev–Trinajstić information content (AvgIpc) is 3.42. The third-order valence-corrected chi connectivity index (χ3v) is 8.71. The van der Waals surface area contributed by atoms with Gasteiger partial charge in [-0.2, -0.15) is 0 Å². The number of hydrogen-bond donors (Lipinski definition) is 5. The van der Waals surface area contributed by atoms with Crippen LogP contribution in [0.15, 0.2) is 30.3 Å². The SMILES string of the molecule is CC[C@H](C)[C@H](NC(=O)[C@@H]1CCCN1)C(=O)[Se]N[C@@H](CCSC)C(=O)N[C@@H](Cc1ccccc1)C(=O)O. The zero-order chi connectivity index (χ0) is 26.5. The molecular weight excluding hydrogens is 547 g/mol. The van der Waals surface area contributed by atoms with Gasteiger partial charge < -0.3 is 0 Å². The number of rotatable bonds is 16. The number of carbonyl (C=O) groups is 4. The van der Waals surface area contributed by atoms with Crippen LogP contribution in [0.3, 0.4) is 0 Å². The predicted octanol–water partition coefficient (Wildman–Crippen LogP) is 0.939. The van der Waals surface area contributed by atoms with Crippen LogP contribution in [-0.4, -0.2) is 85.5 Å². The summed E-state index contributed by atoms with van der Waals surface area (Å²) < 4.78 is 2.96.